The molecule has 102 valence electrons. The van der Waals surface area contributed by atoms with Crippen molar-refractivity contribution in [3.63, 3.8) is 0 Å². The number of rotatable bonds is 3. The lowest BCUT2D eigenvalue weighted by Gasteiger charge is -2.14. The first kappa shape index (κ1) is 13.6. The molecule has 0 saturated carbocycles. The summed E-state index contributed by atoms with van der Waals surface area (Å²) >= 11 is 14.6. The Bertz CT molecular complexity index is 588. The van der Waals surface area contributed by atoms with Gasteiger partial charge in [0.15, 0.2) is 0 Å². The Hall–Kier alpha value is -0.380. The quantitative estimate of drug-likeness (QED) is 0.751. The van der Waals surface area contributed by atoms with Crippen LogP contribution in [-0.4, -0.2) is 20.6 Å². The second-order valence-electron chi connectivity index (χ2n) is 4.94. The summed E-state index contributed by atoms with van der Waals surface area (Å²) in [5.74, 6) is 2.20. The highest BCUT2D eigenvalue weighted by Gasteiger charge is 2.22. The van der Waals surface area contributed by atoms with Gasteiger partial charge >= 0.3 is 0 Å². The van der Waals surface area contributed by atoms with Gasteiger partial charge in [-0.1, -0.05) is 17.7 Å². The summed E-state index contributed by atoms with van der Waals surface area (Å²) in [7, 11) is 0. The fraction of sp³-hybridized carbons (Fsp3) is 0.500. The number of fused-ring (bicyclic) bond motifs is 1. The zero-order chi connectivity index (χ0) is 13.4. The molecule has 2 atom stereocenters. The topological polar surface area (TPSA) is 17.8 Å². The van der Waals surface area contributed by atoms with Crippen molar-refractivity contribution >= 4 is 46.0 Å². The van der Waals surface area contributed by atoms with Crippen molar-refractivity contribution in [2.75, 3.05) is 5.75 Å². The van der Waals surface area contributed by atoms with Crippen LogP contribution in [0.3, 0.4) is 0 Å². The molecule has 2 unspecified atom stereocenters. The number of imidazole rings is 1. The largest absolute Gasteiger partial charge is 0.326 e. The molecule has 1 saturated heterocycles. The first-order chi connectivity index (χ1) is 9.16. The first-order valence-corrected chi connectivity index (χ1v) is 8.43. The van der Waals surface area contributed by atoms with Gasteiger partial charge in [0.1, 0.15) is 11.3 Å². The van der Waals surface area contributed by atoms with Crippen LogP contribution in [0.4, 0.5) is 0 Å². The average Bonchev–Trinajstić information content (AvgIpc) is 2.99. The van der Waals surface area contributed by atoms with Crippen LogP contribution < -0.4 is 0 Å². The first-order valence-electron chi connectivity index (χ1n) is 6.57. The molecule has 0 spiro atoms. The number of hydrogen-bond donors (Lipinski definition) is 0. The van der Waals surface area contributed by atoms with E-state index in [4.69, 9.17) is 23.2 Å². The normalized spacial score (nSPS) is 21.1. The molecule has 1 aliphatic rings. The van der Waals surface area contributed by atoms with E-state index in [9.17, 15) is 0 Å². The van der Waals surface area contributed by atoms with Crippen molar-refractivity contribution in [2.24, 2.45) is 0 Å². The van der Waals surface area contributed by atoms with Crippen LogP contribution in [0.5, 0.6) is 0 Å². The number of nitrogens with zero attached hydrogens (tertiary/aromatic N) is 2. The SMILES string of the molecule is CC(Cl)c1nc2c(Cl)cccc2n1CC1CCCS1. The summed E-state index contributed by atoms with van der Waals surface area (Å²) in [5.41, 5.74) is 1.97. The third-order valence-corrected chi connectivity index (χ3v) is 5.41. The lowest BCUT2D eigenvalue weighted by molar-refractivity contribution is 0.623. The summed E-state index contributed by atoms with van der Waals surface area (Å²) in [4.78, 5) is 4.64. The summed E-state index contributed by atoms with van der Waals surface area (Å²) in [6, 6.07) is 5.94. The van der Waals surface area contributed by atoms with Gasteiger partial charge in [-0.05, 0) is 37.7 Å². The van der Waals surface area contributed by atoms with Gasteiger partial charge in [0.05, 0.1) is 15.9 Å². The molecule has 3 rings (SSSR count). The fourth-order valence-electron chi connectivity index (χ4n) is 2.62. The smallest absolute Gasteiger partial charge is 0.127 e. The Morgan fingerprint density at radius 2 is 2.37 bits per heavy atom. The number of thioether (sulfide) groups is 1. The molecule has 1 fully saturated rings. The molecule has 2 heterocycles. The van der Waals surface area contributed by atoms with Gasteiger partial charge in [-0.3, -0.25) is 0 Å². The van der Waals surface area contributed by atoms with E-state index in [1.165, 1.54) is 18.6 Å². The summed E-state index contributed by atoms with van der Waals surface area (Å²) in [5, 5.41) is 1.27. The molecule has 0 aliphatic carbocycles. The van der Waals surface area contributed by atoms with Crippen molar-refractivity contribution in [1.82, 2.24) is 9.55 Å². The number of hydrogen-bond acceptors (Lipinski definition) is 2. The van der Waals surface area contributed by atoms with E-state index < -0.39 is 0 Å². The number of halogens is 2. The molecule has 0 amide bonds. The molecule has 1 aromatic heterocycles. The number of benzene rings is 1. The Morgan fingerprint density at radius 1 is 1.53 bits per heavy atom. The van der Waals surface area contributed by atoms with Crippen molar-refractivity contribution in [3.8, 4) is 0 Å². The monoisotopic (exact) mass is 314 g/mol. The van der Waals surface area contributed by atoms with Crippen molar-refractivity contribution in [2.45, 2.75) is 36.9 Å². The maximum absolute atomic E-state index is 6.28. The Balaban J connectivity index is 2.08. The van der Waals surface area contributed by atoms with Gasteiger partial charge in [-0.15, -0.1) is 11.6 Å². The van der Waals surface area contributed by atoms with E-state index >= 15 is 0 Å². The Kier molecular flexibility index (Phi) is 3.97. The van der Waals surface area contributed by atoms with Crippen LogP contribution in [0.1, 0.15) is 31.0 Å². The number of alkyl halides is 1. The molecule has 1 aliphatic heterocycles. The van der Waals surface area contributed by atoms with Crippen molar-refractivity contribution in [3.05, 3.63) is 29.0 Å². The molecular formula is C14H16Cl2N2S. The zero-order valence-electron chi connectivity index (χ0n) is 10.8. The van der Waals surface area contributed by atoms with Crippen molar-refractivity contribution in [1.29, 1.82) is 0 Å². The van der Waals surface area contributed by atoms with Gasteiger partial charge in [-0.25, -0.2) is 4.98 Å². The highest BCUT2D eigenvalue weighted by Crippen LogP contribution is 2.33. The maximum atomic E-state index is 6.28. The maximum Gasteiger partial charge on any atom is 0.127 e. The van der Waals surface area contributed by atoms with Crippen LogP contribution >= 0.6 is 35.0 Å². The molecular weight excluding hydrogens is 299 g/mol. The molecule has 2 aromatic rings. The van der Waals surface area contributed by atoms with Crippen LogP contribution in [0.2, 0.25) is 5.02 Å². The van der Waals surface area contributed by atoms with E-state index in [1.54, 1.807) is 0 Å². The molecule has 19 heavy (non-hydrogen) atoms. The Morgan fingerprint density at radius 3 is 3.05 bits per heavy atom. The van der Waals surface area contributed by atoms with Gasteiger partial charge in [0, 0.05) is 11.8 Å². The highest BCUT2D eigenvalue weighted by atomic mass is 35.5. The fourth-order valence-corrected chi connectivity index (χ4v) is 4.25. The molecule has 5 heteroatoms. The lowest BCUT2D eigenvalue weighted by Crippen LogP contribution is -2.13. The van der Waals surface area contributed by atoms with Crippen molar-refractivity contribution < 1.29 is 0 Å². The molecule has 2 nitrogen and oxygen atoms in total. The van der Waals surface area contributed by atoms with E-state index in [-0.39, 0.29) is 5.38 Å². The summed E-state index contributed by atoms with van der Waals surface area (Å²) in [6.07, 6.45) is 2.59. The molecule has 0 bridgehead atoms. The zero-order valence-corrected chi connectivity index (χ0v) is 13.1. The van der Waals surface area contributed by atoms with Gasteiger partial charge in [-0.2, -0.15) is 11.8 Å². The minimum atomic E-state index is -0.102. The third-order valence-electron chi connectivity index (χ3n) is 3.53. The summed E-state index contributed by atoms with van der Waals surface area (Å²) < 4.78 is 2.25. The van der Waals surface area contributed by atoms with E-state index in [2.05, 4.69) is 15.6 Å². The second kappa shape index (κ2) is 5.55. The van der Waals surface area contributed by atoms with Gasteiger partial charge < -0.3 is 4.57 Å². The minimum absolute atomic E-state index is 0.102. The second-order valence-corrected chi connectivity index (χ2v) is 7.41. The van der Waals surface area contributed by atoms with Crippen LogP contribution in [0.25, 0.3) is 11.0 Å². The molecule has 1 aromatic carbocycles. The third kappa shape index (κ3) is 2.61. The van der Waals surface area contributed by atoms with Crippen LogP contribution in [-0.2, 0) is 6.54 Å². The van der Waals surface area contributed by atoms with Crippen LogP contribution in [0, 0.1) is 0 Å². The van der Waals surface area contributed by atoms with E-state index in [1.807, 2.05) is 30.8 Å². The standard InChI is InChI=1S/C14H16Cl2N2S/c1-9(15)14-17-13-11(16)5-2-6-12(13)18(14)8-10-4-3-7-19-10/h2,5-6,9-10H,3-4,7-8H2,1H3. The predicted octanol–water partition coefficient (Wildman–Crippen LogP) is 4.89. The predicted molar refractivity (Wildman–Crippen MR) is 84.5 cm³/mol. The van der Waals surface area contributed by atoms with Gasteiger partial charge in [0.25, 0.3) is 0 Å². The highest BCUT2D eigenvalue weighted by molar-refractivity contribution is 8.00. The lowest BCUT2D eigenvalue weighted by atomic mass is 10.2. The van der Waals surface area contributed by atoms with Crippen LogP contribution in [0.15, 0.2) is 18.2 Å². The number of para-hydroxylation sites is 1. The average molecular weight is 315 g/mol. The van der Waals surface area contributed by atoms with E-state index in [0.29, 0.717) is 10.3 Å². The molecule has 0 N–H and O–H groups in total. The van der Waals surface area contributed by atoms with Gasteiger partial charge in [0.2, 0.25) is 0 Å². The van der Waals surface area contributed by atoms with E-state index in [0.717, 1.165) is 23.4 Å². The Labute approximate surface area is 127 Å². The molecule has 0 radical (unpaired) electrons. The minimum Gasteiger partial charge on any atom is -0.326 e. The number of aromatic nitrogens is 2. The summed E-state index contributed by atoms with van der Waals surface area (Å²) in [6.45, 7) is 2.95.